The van der Waals surface area contributed by atoms with Crippen molar-refractivity contribution in [3.05, 3.63) is 17.7 Å². The van der Waals surface area contributed by atoms with Crippen LogP contribution in [0, 0.1) is 17.8 Å². The summed E-state index contributed by atoms with van der Waals surface area (Å²) in [5.74, 6) is 3.17. The zero-order chi connectivity index (χ0) is 18.0. The van der Waals surface area contributed by atoms with Crippen molar-refractivity contribution in [1.82, 2.24) is 5.43 Å². The van der Waals surface area contributed by atoms with Gasteiger partial charge in [-0.2, -0.15) is 5.10 Å². The summed E-state index contributed by atoms with van der Waals surface area (Å²) < 4.78 is 15.9. The van der Waals surface area contributed by atoms with E-state index in [4.69, 9.17) is 14.2 Å². The molecule has 136 valence electrons. The van der Waals surface area contributed by atoms with Gasteiger partial charge < -0.3 is 14.2 Å². The first kappa shape index (κ1) is 17.6. The van der Waals surface area contributed by atoms with Crippen molar-refractivity contribution < 1.29 is 19.0 Å². The molecule has 1 amide bonds. The van der Waals surface area contributed by atoms with Gasteiger partial charge in [0.05, 0.1) is 21.3 Å². The van der Waals surface area contributed by atoms with Crippen LogP contribution in [-0.4, -0.2) is 32.9 Å². The van der Waals surface area contributed by atoms with Gasteiger partial charge in [-0.3, -0.25) is 4.79 Å². The SMILES string of the molecule is COc1cc(C(=O)N/N=C(/C)[C@@H]2C[C@@H]3CC[C@@H]2C3)cc(OC)c1OC. The number of benzene rings is 1. The number of hydrogen-bond acceptors (Lipinski definition) is 5. The Morgan fingerprint density at radius 1 is 1.08 bits per heavy atom. The van der Waals surface area contributed by atoms with Gasteiger partial charge in [0, 0.05) is 17.2 Å². The van der Waals surface area contributed by atoms with Crippen molar-refractivity contribution in [2.45, 2.75) is 32.6 Å². The van der Waals surface area contributed by atoms with Crippen LogP contribution < -0.4 is 19.6 Å². The van der Waals surface area contributed by atoms with Gasteiger partial charge in [0.1, 0.15) is 0 Å². The fourth-order valence-corrected chi connectivity index (χ4v) is 4.25. The standard InChI is InChI=1S/C19H26N2O4/c1-11(15-8-12-5-6-13(15)7-12)20-21-19(22)14-9-16(23-2)18(25-4)17(10-14)24-3/h9-10,12-13,15H,5-8H2,1-4H3,(H,21,22)/b20-11-/t12-,13-,15+/m1/s1. The fraction of sp³-hybridized carbons (Fsp3) is 0.579. The molecule has 0 heterocycles. The number of ether oxygens (including phenoxy) is 3. The van der Waals surface area contributed by atoms with Crippen LogP contribution in [0.4, 0.5) is 0 Å². The van der Waals surface area contributed by atoms with Crippen LogP contribution in [-0.2, 0) is 0 Å². The second-order valence-corrected chi connectivity index (χ2v) is 6.89. The van der Waals surface area contributed by atoms with Crippen LogP contribution in [0.1, 0.15) is 43.0 Å². The molecule has 2 aliphatic rings. The van der Waals surface area contributed by atoms with Gasteiger partial charge in [0.2, 0.25) is 5.75 Å². The lowest BCUT2D eigenvalue weighted by Gasteiger charge is -2.21. The Balaban J connectivity index is 1.73. The number of nitrogens with zero attached hydrogens (tertiary/aromatic N) is 1. The zero-order valence-corrected chi connectivity index (χ0v) is 15.3. The van der Waals surface area contributed by atoms with E-state index < -0.39 is 0 Å². The van der Waals surface area contributed by atoms with Gasteiger partial charge in [-0.25, -0.2) is 5.43 Å². The summed E-state index contributed by atoms with van der Waals surface area (Å²) in [6.07, 6.45) is 5.17. The molecule has 2 fully saturated rings. The fourth-order valence-electron chi connectivity index (χ4n) is 4.25. The summed E-state index contributed by atoms with van der Waals surface area (Å²) in [6.45, 7) is 2.01. The summed E-state index contributed by atoms with van der Waals surface area (Å²) in [5, 5.41) is 4.36. The Bertz CT molecular complexity index is 661. The van der Waals surface area contributed by atoms with Crippen LogP contribution >= 0.6 is 0 Å². The van der Waals surface area contributed by atoms with Crippen LogP contribution in [0.25, 0.3) is 0 Å². The monoisotopic (exact) mass is 346 g/mol. The maximum Gasteiger partial charge on any atom is 0.271 e. The second kappa shape index (κ2) is 7.33. The molecule has 3 atom stereocenters. The molecule has 0 aromatic heterocycles. The molecule has 1 aromatic carbocycles. The summed E-state index contributed by atoms with van der Waals surface area (Å²) >= 11 is 0. The van der Waals surface area contributed by atoms with Gasteiger partial charge in [-0.15, -0.1) is 0 Å². The molecule has 0 radical (unpaired) electrons. The maximum atomic E-state index is 12.5. The topological polar surface area (TPSA) is 69.2 Å². The minimum Gasteiger partial charge on any atom is -0.493 e. The first-order chi connectivity index (χ1) is 12.1. The molecule has 2 aliphatic carbocycles. The van der Waals surface area contributed by atoms with E-state index in [9.17, 15) is 4.79 Å². The van der Waals surface area contributed by atoms with E-state index in [2.05, 4.69) is 10.5 Å². The second-order valence-electron chi connectivity index (χ2n) is 6.89. The highest BCUT2D eigenvalue weighted by Crippen LogP contribution is 2.48. The van der Waals surface area contributed by atoms with E-state index in [0.717, 1.165) is 17.5 Å². The van der Waals surface area contributed by atoms with E-state index in [1.165, 1.54) is 47.0 Å². The minimum absolute atomic E-state index is 0.290. The lowest BCUT2D eigenvalue weighted by atomic mass is 9.86. The Labute approximate surface area is 148 Å². The van der Waals surface area contributed by atoms with Crippen LogP contribution in [0.3, 0.4) is 0 Å². The third-order valence-electron chi connectivity index (χ3n) is 5.54. The molecule has 1 aromatic rings. The number of fused-ring (bicyclic) bond motifs is 2. The van der Waals surface area contributed by atoms with Crippen molar-refractivity contribution >= 4 is 11.6 Å². The molecule has 25 heavy (non-hydrogen) atoms. The largest absolute Gasteiger partial charge is 0.493 e. The van der Waals surface area contributed by atoms with Crippen molar-refractivity contribution in [2.75, 3.05) is 21.3 Å². The molecular weight excluding hydrogens is 320 g/mol. The summed E-state index contributed by atoms with van der Waals surface area (Å²) in [7, 11) is 4.58. The number of rotatable bonds is 6. The first-order valence-corrected chi connectivity index (χ1v) is 8.71. The highest BCUT2D eigenvalue weighted by atomic mass is 16.5. The van der Waals surface area contributed by atoms with Crippen LogP contribution in [0.15, 0.2) is 17.2 Å². The van der Waals surface area contributed by atoms with E-state index >= 15 is 0 Å². The van der Waals surface area contributed by atoms with Crippen molar-refractivity contribution in [1.29, 1.82) is 0 Å². The molecule has 3 rings (SSSR count). The number of hydrogen-bond donors (Lipinski definition) is 1. The highest BCUT2D eigenvalue weighted by molar-refractivity contribution is 5.96. The summed E-state index contributed by atoms with van der Waals surface area (Å²) in [5.41, 5.74) is 4.11. The molecule has 6 heteroatoms. The number of amides is 1. The molecule has 0 spiro atoms. The van der Waals surface area contributed by atoms with Gasteiger partial charge in [-0.1, -0.05) is 6.42 Å². The van der Waals surface area contributed by atoms with Crippen molar-refractivity contribution in [2.24, 2.45) is 22.9 Å². The van der Waals surface area contributed by atoms with Gasteiger partial charge >= 0.3 is 0 Å². The molecule has 1 N–H and O–H groups in total. The number of nitrogens with one attached hydrogen (secondary N) is 1. The third kappa shape index (κ3) is 3.43. The normalized spacial score (nSPS) is 25.0. The molecule has 2 saturated carbocycles. The molecule has 0 aliphatic heterocycles. The lowest BCUT2D eigenvalue weighted by molar-refractivity contribution is 0.0953. The number of carbonyl (C=O) groups excluding carboxylic acids is 1. The Morgan fingerprint density at radius 2 is 1.76 bits per heavy atom. The van der Waals surface area contributed by atoms with E-state index in [-0.39, 0.29) is 5.91 Å². The Kier molecular flexibility index (Phi) is 5.16. The average molecular weight is 346 g/mol. The number of carbonyl (C=O) groups is 1. The molecule has 6 nitrogen and oxygen atoms in total. The van der Waals surface area contributed by atoms with Gasteiger partial charge in [-0.05, 0) is 50.2 Å². The average Bonchev–Trinajstić information content (AvgIpc) is 3.27. The third-order valence-corrected chi connectivity index (χ3v) is 5.54. The summed E-state index contributed by atoms with van der Waals surface area (Å²) in [6, 6.07) is 3.25. The molecule has 0 saturated heterocycles. The van der Waals surface area contributed by atoms with Gasteiger partial charge in [0.25, 0.3) is 5.91 Å². The Morgan fingerprint density at radius 3 is 2.24 bits per heavy atom. The smallest absolute Gasteiger partial charge is 0.271 e. The first-order valence-electron chi connectivity index (χ1n) is 8.71. The number of hydrazone groups is 1. The molecule has 0 unspecified atom stereocenters. The van der Waals surface area contributed by atoms with E-state index in [1.54, 1.807) is 12.1 Å². The lowest BCUT2D eigenvalue weighted by Crippen LogP contribution is -2.24. The highest BCUT2D eigenvalue weighted by Gasteiger charge is 2.40. The Hall–Kier alpha value is -2.24. The van der Waals surface area contributed by atoms with Crippen LogP contribution in [0.2, 0.25) is 0 Å². The van der Waals surface area contributed by atoms with E-state index in [1.807, 2.05) is 6.92 Å². The molecule has 2 bridgehead atoms. The molecular formula is C19H26N2O4. The minimum atomic E-state index is -0.290. The maximum absolute atomic E-state index is 12.5. The van der Waals surface area contributed by atoms with Crippen molar-refractivity contribution in [3.63, 3.8) is 0 Å². The predicted octanol–water partition coefficient (Wildman–Crippen LogP) is 3.25. The predicted molar refractivity (Wildman–Crippen MR) is 95.6 cm³/mol. The van der Waals surface area contributed by atoms with Gasteiger partial charge in [0.15, 0.2) is 11.5 Å². The van der Waals surface area contributed by atoms with E-state index in [0.29, 0.717) is 28.7 Å². The quantitative estimate of drug-likeness (QED) is 0.634. The number of methoxy groups -OCH3 is 3. The van der Waals surface area contributed by atoms with Crippen molar-refractivity contribution in [3.8, 4) is 17.2 Å². The zero-order valence-electron chi connectivity index (χ0n) is 15.3. The van der Waals surface area contributed by atoms with Crippen LogP contribution in [0.5, 0.6) is 17.2 Å². The summed E-state index contributed by atoms with van der Waals surface area (Å²) in [4.78, 5) is 12.5.